The third-order valence-electron chi connectivity index (χ3n) is 2.27. The van der Waals surface area contributed by atoms with Gasteiger partial charge >= 0.3 is 0 Å². The highest BCUT2D eigenvalue weighted by Gasteiger charge is 2.12. The molecule has 0 unspecified atom stereocenters. The van der Waals surface area contributed by atoms with Gasteiger partial charge in [0.15, 0.2) is 4.34 Å². The van der Waals surface area contributed by atoms with Crippen molar-refractivity contribution in [2.45, 2.75) is 9.24 Å². The van der Waals surface area contributed by atoms with E-state index >= 15 is 0 Å². The lowest BCUT2D eigenvalue weighted by Gasteiger charge is -2.01. The number of ether oxygens (including phenoxy) is 1. The molecular formula is C12H11FN4OS2. The molecule has 0 saturated heterocycles. The van der Waals surface area contributed by atoms with Crippen molar-refractivity contribution in [1.29, 1.82) is 5.26 Å². The number of nitrogens with zero attached hydrogens (tertiary/aromatic N) is 3. The van der Waals surface area contributed by atoms with E-state index < -0.39 is 5.82 Å². The third-order valence-corrected chi connectivity index (χ3v) is 4.27. The van der Waals surface area contributed by atoms with Crippen molar-refractivity contribution in [3.8, 4) is 6.07 Å². The maximum absolute atomic E-state index is 13.5. The summed E-state index contributed by atoms with van der Waals surface area (Å²) in [5.41, 5.74) is 0.0293. The van der Waals surface area contributed by atoms with Gasteiger partial charge < -0.3 is 10.1 Å². The number of hydrogen-bond acceptors (Lipinski definition) is 7. The van der Waals surface area contributed by atoms with Crippen LogP contribution in [0.5, 0.6) is 0 Å². The summed E-state index contributed by atoms with van der Waals surface area (Å²) in [4.78, 5) is 0.534. The van der Waals surface area contributed by atoms with Gasteiger partial charge in [0.2, 0.25) is 5.13 Å². The minimum absolute atomic E-state index is 0.0293. The predicted molar refractivity (Wildman–Crippen MR) is 75.5 cm³/mol. The van der Waals surface area contributed by atoms with Crippen LogP contribution in [0.25, 0.3) is 0 Å². The van der Waals surface area contributed by atoms with Gasteiger partial charge in [-0.15, -0.1) is 10.2 Å². The summed E-state index contributed by atoms with van der Waals surface area (Å²) < 4.78 is 19.0. The van der Waals surface area contributed by atoms with E-state index in [1.807, 2.05) is 6.07 Å². The monoisotopic (exact) mass is 310 g/mol. The van der Waals surface area contributed by atoms with Crippen LogP contribution in [-0.2, 0) is 4.74 Å². The summed E-state index contributed by atoms with van der Waals surface area (Å²) in [5, 5.41) is 20.6. The van der Waals surface area contributed by atoms with Crippen LogP contribution in [0.3, 0.4) is 0 Å². The van der Waals surface area contributed by atoms with E-state index in [0.717, 1.165) is 0 Å². The highest BCUT2D eigenvalue weighted by atomic mass is 32.2. The molecule has 20 heavy (non-hydrogen) atoms. The SMILES string of the molecule is COCCNc1nnc(Sc2cccc(F)c2C#N)s1. The number of methoxy groups -OCH3 is 1. The quantitative estimate of drug-likeness (QED) is 0.827. The molecule has 8 heteroatoms. The number of aromatic nitrogens is 2. The fourth-order valence-electron chi connectivity index (χ4n) is 1.37. The second kappa shape index (κ2) is 7.19. The highest BCUT2D eigenvalue weighted by Crippen LogP contribution is 2.34. The summed E-state index contributed by atoms with van der Waals surface area (Å²) >= 11 is 2.57. The van der Waals surface area contributed by atoms with Crippen LogP contribution in [0.2, 0.25) is 0 Å². The number of nitriles is 1. The minimum Gasteiger partial charge on any atom is -0.383 e. The molecule has 0 bridgehead atoms. The Kier molecular flexibility index (Phi) is 5.29. The lowest BCUT2D eigenvalue weighted by molar-refractivity contribution is 0.211. The maximum atomic E-state index is 13.5. The molecule has 5 nitrogen and oxygen atoms in total. The highest BCUT2D eigenvalue weighted by molar-refractivity contribution is 8.01. The summed E-state index contributed by atoms with van der Waals surface area (Å²) in [7, 11) is 1.62. The van der Waals surface area contributed by atoms with E-state index in [1.165, 1.54) is 29.2 Å². The molecule has 104 valence electrons. The molecule has 0 aliphatic heterocycles. The second-order valence-corrected chi connectivity index (χ2v) is 5.89. The fourth-order valence-corrected chi connectivity index (χ4v) is 3.21. The van der Waals surface area contributed by atoms with E-state index in [0.29, 0.717) is 27.5 Å². The van der Waals surface area contributed by atoms with Gasteiger partial charge in [0, 0.05) is 18.6 Å². The average molecular weight is 310 g/mol. The molecule has 0 radical (unpaired) electrons. The van der Waals surface area contributed by atoms with Gasteiger partial charge in [-0.1, -0.05) is 29.2 Å². The van der Waals surface area contributed by atoms with Crippen molar-refractivity contribution in [3.05, 3.63) is 29.6 Å². The van der Waals surface area contributed by atoms with Crippen LogP contribution in [0.15, 0.2) is 27.4 Å². The van der Waals surface area contributed by atoms with Crippen molar-refractivity contribution >= 4 is 28.2 Å². The molecule has 1 aromatic carbocycles. The average Bonchev–Trinajstić information content (AvgIpc) is 2.87. The summed E-state index contributed by atoms with van der Waals surface area (Å²) in [6, 6.07) is 6.38. The van der Waals surface area contributed by atoms with E-state index in [4.69, 9.17) is 10.00 Å². The fraction of sp³-hybridized carbons (Fsp3) is 0.250. The van der Waals surface area contributed by atoms with Crippen molar-refractivity contribution in [2.24, 2.45) is 0 Å². The second-order valence-electron chi connectivity index (χ2n) is 3.62. The minimum atomic E-state index is -0.527. The van der Waals surface area contributed by atoms with Gasteiger partial charge in [-0.25, -0.2) is 4.39 Å². The number of anilines is 1. The number of halogens is 1. The van der Waals surface area contributed by atoms with Crippen LogP contribution >= 0.6 is 23.1 Å². The van der Waals surface area contributed by atoms with Gasteiger partial charge in [0.05, 0.1) is 6.61 Å². The summed E-state index contributed by atoms with van der Waals surface area (Å²) in [6.07, 6.45) is 0. The van der Waals surface area contributed by atoms with Crippen LogP contribution in [0, 0.1) is 17.1 Å². The van der Waals surface area contributed by atoms with E-state index in [1.54, 1.807) is 19.2 Å². The molecule has 1 heterocycles. The number of benzene rings is 1. The molecule has 0 saturated carbocycles. The van der Waals surface area contributed by atoms with E-state index in [2.05, 4.69) is 15.5 Å². The molecule has 2 aromatic rings. The Bertz CT molecular complexity index is 626. The Balaban J connectivity index is 2.08. The molecule has 0 spiro atoms. The topological polar surface area (TPSA) is 70.8 Å². The van der Waals surface area contributed by atoms with Crippen LogP contribution in [0.4, 0.5) is 9.52 Å². The lowest BCUT2D eigenvalue weighted by Crippen LogP contribution is -2.06. The van der Waals surface area contributed by atoms with Crippen LogP contribution in [-0.4, -0.2) is 30.5 Å². The maximum Gasteiger partial charge on any atom is 0.206 e. The van der Waals surface area contributed by atoms with Gasteiger partial charge in [-0.05, 0) is 12.1 Å². The molecule has 0 aliphatic carbocycles. The van der Waals surface area contributed by atoms with Crippen molar-refractivity contribution in [2.75, 3.05) is 25.6 Å². The van der Waals surface area contributed by atoms with Gasteiger partial charge in [0.25, 0.3) is 0 Å². The number of rotatable bonds is 6. The molecule has 1 N–H and O–H groups in total. The first-order chi connectivity index (χ1) is 9.74. The van der Waals surface area contributed by atoms with Crippen molar-refractivity contribution in [3.63, 3.8) is 0 Å². The zero-order chi connectivity index (χ0) is 14.4. The summed E-state index contributed by atoms with van der Waals surface area (Å²) in [6.45, 7) is 1.21. The Morgan fingerprint density at radius 3 is 3.10 bits per heavy atom. The molecule has 0 amide bonds. The standard InChI is InChI=1S/C12H11FN4OS2/c1-18-6-5-15-11-16-17-12(20-11)19-10-4-2-3-9(13)8(10)7-14/h2-4H,5-6H2,1H3,(H,15,16). The Morgan fingerprint density at radius 2 is 2.35 bits per heavy atom. The zero-order valence-corrected chi connectivity index (χ0v) is 12.2. The van der Waals surface area contributed by atoms with Gasteiger partial charge in [0.1, 0.15) is 17.4 Å². The van der Waals surface area contributed by atoms with E-state index in [-0.39, 0.29) is 5.56 Å². The number of hydrogen-bond donors (Lipinski definition) is 1. The largest absolute Gasteiger partial charge is 0.383 e. The Labute approximate surface area is 123 Å². The van der Waals surface area contributed by atoms with Crippen LogP contribution in [0.1, 0.15) is 5.56 Å². The third kappa shape index (κ3) is 3.66. The number of nitrogens with one attached hydrogen (secondary N) is 1. The first-order valence-corrected chi connectivity index (χ1v) is 7.30. The lowest BCUT2D eigenvalue weighted by atomic mass is 10.2. The molecule has 0 atom stereocenters. The zero-order valence-electron chi connectivity index (χ0n) is 10.6. The molecule has 2 rings (SSSR count). The first kappa shape index (κ1) is 14.7. The summed E-state index contributed by atoms with van der Waals surface area (Å²) in [5.74, 6) is -0.527. The molecule has 0 fully saturated rings. The van der Waals surface area contributed by atoms with Gasteiger partial charge in [-0.3, -0.25) is 0 Å². The molecule has 0 aliphatic rings. The molecule has 1 aromatic heterocycles. The predicted octanol–water partition coefficient (Wildman–Crippen LogP) is 2.76. The van der Waals surface area contributed by atoms with Crippen LogP contribution < -0.4 is 5.32 Å². The smallest absolute Gasteiger partial charge is 0.206 e. The Morgan fingerprint density at radius 1 is 1.50 bits per heavy atom. The van der Waals surface area contributed by atoms with Gasteiger partial charge in [-0.2, -0.15) is 5.26 Å². The normalized spacial score (nSPS) is 10.2. The molecular weight excluding hydrogens is 299 g/mol. The van der Waals surface area contributed by atoms with E-state index in [9.17, 15) is 4.39 Å². The first-order valence-electron chi connectivity index (χ1n) is 5.67. The van der Waals surface area contributed by atoms with Crippen molar-refractivity contribution < 1.29 is 9.13 Å². The Hall–Kier alpha value is -1.69. The van der Waals surface area contributed by atoms with Crippen molar-refractivity contribution in [1.82, 2.24) is 10.2 Å².